The van der Waals surface area contributed by atoms with E-state index in [-0.39, 0.29) is 16.2 Å². The van der Waals surface area contributed by atoms with Crippen LogP contribution in [0.3, 0.4) is 0 Å². The van der Waals surface area contributed by atoms with Crippen LogP contribution in [0.15, 0.2) is 243 Å². The Labute approximate surface area is 446 Å². The third-order valence-electron chi connectivity index (χ3n) is 18.3. The van der Waals surface area contributed by atoms with Crippen LogP contribution in [0, 0.1) is 0 Å². The van der Waals surface area contributed by atoms with E-state index in [2.05, 4.69) is 280 Å². The zero-order chi connectivity index (χ0) is 50.9. The lowest BCUT2D eigenvalue weighted by atomic mass is 9.58. The van der Waals surface area contributed by atoms with E-state index in [4.69, 9.17) is 0 Å². The first-order valence-corrected chi connectivity index (χ1v) is 27.4. The van der Waals surface area contributed by atoms with E-state index in [1.165, 1.54) is 98.7 Å². The lowest BCUT2D eigenvalue weighted by Crippen LogP contribution is -2.40. The van der Waals surface area contributed by atoms with Gasteiger partial charge in [0, 0.05) is 50.4 Å². The fourth-order valence-electron chi connectivity index (χ4n) is 14.0. The third-order valence-corrected chi connectivity index (χ3v) is 18.3. The van der Waals surface area contributed by atoms with Crippen LogP contribution in [-0.2, 0) is 22.7 Å². The van der Waals surface area contributed by atoms with Gasteiger partial charge in [-0.3, -0.25) is 0 Å². The Morgan fingerprint density at radius 2 is 0.671 bits per heavy atom. The number of rotatable bonds is 10. The minimum Gasteiger partial charge on any atom is -0.310 e. The summed E-state index contributed by atoms with van der Waals surface area (Å²) in [5.74, 6) is 0. The Morgan fingerprint density at radius 1 is 0.316 bits per heavy atom. The van der Waals surface area contributed by atoms with Gasteiger partial charge in [0.25, 0.3) is 0 Å². The van der Waals surface area contributed by atoms with Crippen LogP contribution in [0.2, 0.25) is 0 Å². The molecule has 3 aliphatic carbocycles. The molecule has 2 nitrogen and oxygen atoms in total. The molecule has 2 unspecified atom stereocenters. The Morgan fingerprint density at radius 3 is 1.08 bits per heavy atom. The summed E-state index contributed by atoms with van der Waals surface area (Å²) >= 11 is 0. The second-order valence-corrected chi connectivity index (χ2v) is 22.4. The largest absolute Gasteiger partial charge is 0.310 e. The Balaban J connectivity index is 0.752. The van der Waals surface area contributed by atoms with Crippen LogP contribution in [-0.4, -0.2) is 0 Å². The van der Waals surface area contributed by atoms with Crippen LogP contribution < -0.4 is 9.80 Å². The summed E-state index contributed by atoms with van der Waals surface area (Å²) in [6.45, 7) is 9.69. The molecular weight excluding hydrogens is 917 g/mol. The molecule has 15 rings (SSSR count). The number of benzene rings is 12. The van der Waals surface area contributed by atoms with Crippen LogP contribution >= 0.6 is 0 Å². The normalized spacial score (nSPS) is 17.5. The van der Waals surface area contributed by atoms with Crippen LogP contribution in [0.25, 0.3) is 54.2 Å². The molecule has 0 aromatic heterocycles. The maximum Gasteiger partial charge on any atom is 0.0468 e. The lowest BCUT2D eigenvalue weighted by molar-refractivity contribution is 0.431. The molecule has 0 saturated carbocycles. The zero-order valence-electron chi connectivity index (χ0n) is 43.6. The molecule has 0 bridgehead atoms. The van der Waals surface area contributed by atoms with Gasteiger partial charge in [-0.2, -0.15) is 0 Å². The van der Waals surface area contributed by atoms with Crippen LogP contribution in [0.1, 0.15) is 85.0 Å². The van der Waals surface area contributed by atoms with Crippen molar-refractivity contribution in [2.24, 2.45) is 0 Å². The fraction of sp³-hybridized carbons (Fsp3) is 0.135. The molecule has 0 amide bonds. The molecule has 0 radical (unpaired) electrons. The predicted octanol–water partition coefficient (Wildman–Crippen LogP) is 19.9. The van der Waals surface area contributed by atoms with Crippen molar-refractivity contribution in [2.45, 2.75) is 63.2 Å². The van der Waals surface area contributed by atoms with Gasteiger partial charge in [0.2, 0.25) is 0 Å². The average molecular weight is 975 g/mol. The number of hydrogen-bond donors (Lipinski definition) is 0. The fourth-order valence-corrected chi connectivity index (χ4v) is 14.0. The SMILES string of the molecule is CCC1(c2ccc(N(c3ccc4ccccc4c3)c3ccc4ccccc4c3)cc2)Cc2cc3c(cc21)C(C)(C)c1cc2c(cc1-3)C2(CC)c1ccc(N(c2ccc3ccccc3c2)c2ccc3ccccc3c2)cc1. The summed E-state index contributed by atoms with van der Waals surface area (Å²) in [5, 5.41) is 9.94. The highest BCUT2D eigenvalue weighted by atomic mass is 15.1. The molecule has 12 aromatic rings. The van der Waals surface area contributed by atoms with Crippen molar-refractivity contribution >= 4 is 77.2 Å². The second kappa shape index (κ2) is 16.6. The number of fused-ring (bicyclic) bond motifs is 9. The lowest BCUT2D eigenvalue weighted by Gasteiger charge is -2.45. The minimum absolute atomic E-state index is 0.0282. The summed E-state index contributed by atoms with van der Waals surface area (Å²) in [7, 11) is 0. The smallest absolute Gasteiger partial charge is 0.0468 e. The van der Waals surface area contributed by atoms with Gasteiger partial charge in [0.05, 0.1) is 0 Å². The van der Waals surface area contributed by atoms with Crippen molar-refractivity contribution < 1.29 is 0 Å². The summed E-state index contributed by atoms with van der Waals surface area (Å²) in [4.78, 5) is 4.84. The molecule has 364 valence electrons. The van der Waals surface area contributed by atoms with Crippen molar-refractivity contribution in [2.75, 3.05) is 9.80 Å². The van der Waals surface area contributed by atoms with Gasteiger partial charge in [-0.15, -0.1) is 0 Å². The number of nitrogens with zero attached hydrogens (tertiary/aromatic N) is 2. The van der Waals surface area contributed by atoms with E-state index in [1.54, 1.807) is 0 Å². The van der Waals surface area contributed by atoms with Gasteiger partial charge >= 0.3 is 0 Å². The summed E-state index contributed by atoms with van der Waals surface area (Å²) < 4.78 is 0. The molecule has 0 heterocycles. The van der Waals surface area contributed by atoms with E-state index in [0.29, 0.717) is 0 Å². The summed E-state index contributed by atoms with van der Waals surface area (Å²) in [5.41, 5.74) is 21.2. The highest BCUT2D eigenvalue weighted by Gasteiger charge is 2.53. The Hall–Kier alpha value is -8.72. The maximum atomic E-state index is 2.62. The number of hydrogen-bond acceptors (Lipinski definition) is 2. The molecule has 0 spiro atoms. The number of anilines is 6. The molecule has 3 aliphatic rings. The molecule has 0 fully saturated rings. The molecular formula is C74H58N2. The topological polar surface area (TPSA) is 6.48 Å². The van der Waals surface area contributed by atoms with Gasteiger partial charge in [-0.25, -0.2) is 0 Å². The van der Waals surface area contributed by atoms with Gasteiger partial charge in [0.15, 0.2) is 0 Å². The van der Waals surface area contributed by atoms with E-state index >= 15 is 0 Å². The highest BCUT2D eigenvalue weighted by Crippen LogP contribution is 2.63. The molecule has 76 heavy (non-hydrogen) atoms. The van der Waals surface area contributed by atoms with Crippen molar-refractivity contribution in [3.8, 4) is 11.1 Å². The summed E-state index contributed by atoms with van der Waals surface area (Å²) in [6, 6.07) is 91.4. The van der Waals surface area contributed by atoms with Crippen molar-refractivity contribution in [3.63, 3.8) is 0 Å². The standard InChI is InChI=1S/C74H58N2/c1-5-73(57-27-35-59(36-28-57)75(61-31-23-48-15-7-11-19-52(48)39-61)62-32-24-49-16-8-12-20-53(49)40-62)47-56-43-65-66-44-70-71(46-69(66)72(3,4)68(65)45-67(56)73)74(70,6-2)58-29-37-60(38-30-58)76(63-33-25-50-17-9-13-21-54(50)41-63)64-34-26-51-18-10-14-22-55(51)42-64/h7-46H,5-6,47H2,1-4H3. The quantitative estimate of drug-likeness (QED) is 0.135. The maximum absolute atomic E-state index is 2.62. The Bertz CT molecular complexity index is 4180. The highest BCUT2D eigenvalue weighted by molar-refractivity contribution is 5.95. The van der Waals surface area contributed by atoms with Crippen LogP contribution in [0.4, 0.5) is 34.1 Å². The first-order valence-electron chi connectivity index (χ1n) is 27.4. The van der Waals surface area contributed by atoms with Gasteiger partial charge in [-0.05, 0) is 197 Å². The molecule has 2 atom stereocenters. The van der Waals surface area contributed by atoms with E-state index in [9.17, 15) is 0 Å². The molecule has 2 heteroatoms. The molecule has 0 N–H and O–H groups in total. The van der Waals surface area contributed by atoms with Crippen molar-refractivity contribution in [1.29, 1.82) is 0 Å². The predicted molar refractivity (Wildman–Crippen MR) is 321 cm³/mol. The average Bonchev–Trinajstić information content (AvgIpc) is 4.06. The third kappa shape index (κ3) is 6.59. The molecule has 0 saturated heterocycles. The van der Waals surface area contributed by atoms with E-state index < -0.39 is 0 Å². The van der Waals surface area contributed by atoms with Crippen molar-refractivity contribution in [3.05, 3.63) is 287 Å². The monoisotopic (exact) mass is 974 g/mol. The minimum atomic E-state index is -0.125. The first kappa shape index (κ1) is 44.7. The first-order chi connectivity index (χ1) is 37.2. The summed E-state index contributed by atoms with van der Waals surface area (Å²) in [6.07, 6.45) is 3.13. The van der Waals surface area contributed by atoms with Crippen molar-refractivity contribution in [1.82, 2.24) is 0 Å². The van der Waals surface area contributed by atoms with Crippen LogP contribution in [0.5, 0.6) is 0 Å². The molecule has 12 aromatic carbocycles. The van der Waals surface area contributed by atoms with Gasteiger partial charge in [0.1, 0.15) is 0 Å². The Kier molecular flexibility index (Phi) is 9.80. The second-order valence-electron chi connectivity index (χ2n) is 22.4. The van der Waals surface area contributed by atoms with E-state index in [1.807, 2.05) is 0 Å². The molecule has 0 aliphatic heterocycles. The zero-order valence-corrected chi connectivity index (χ0v) is 43.6. The van der Waals surface area contributed by atoms with Gasteiger partial charge in [-0.1, -0.05) is 191 Å². The van der Waals surface area contributed by atoms with Gasteiger partial charge < -0.3 is 9.80 Å². The van der Waals surface area contributed by atoms with E-state index in [0.717, 1.165) is 53.4 Å².